The molecule has 0 radical (unpaired) electrons. The van der Waals surface area contributed by atoms with E-state index in [4.69, 9.17) is 9.47 Å². The fourth-order valence-corrected chi connectivity index (χ4v) is 12.6. The molecule has 5 heterocycles. The number of nitrogens with zero attached hydrogens (tertiary/aromatic N) is 6. The highest BCUT2D eigenvalue weighted by atomic mass is 32.2. The largest absolute Gasteiger partial charge is 0.455 e. The molecule has 2 aliphatic heterocycles. The van der Waals surface area contributed by atoms with Crippen molar-refractivity contribution in [3.63, 3.8) is 0 Å². The van der Waals surface area contributed by atoms with Crippen LogP contribution >= 0.6 is 0 Å². The van der Waals surface area contributed by atoms with E-state index in [0.29, 0.717) is 36.5 Å². The van der Waals surface area contributed by atoms with Crippen LogP contribution < -0.4 is 19.7 Å². The predicted molar refractivity (Wildman–Crippen MR) is 263 cm³/mol. The number of morpholine rings is 1. The second-order valence-electron chi connectivity index (χ2n) is 19.6. The van der Waals surface area contributed by atoms with Gasteiger partial charge in [0.25, 0.3) is 15.9 Å². The first-order valence-corrected chi connectivity index (χ1v) is 27.4. The normalized spacial score (nSPS) is 21.4. The van der Waals surface area contributed by atoms with Crippen LogP contribution in [-0.4, -0.2) is 107 Å². The minimum atomic E-state index is -4.65. The second-order valence-corrected chi connectivity index (χ2v) is 23.9. The molecule has 5 aromatic rings. The van der Waals surface area contributed by atoms with Gasteiger partial charge < -0.3 is 24.7 Å². The van der Waals surface area contributed by atoms with E-state index in [0.717, 1.165) is 101 Å². The number of nitrogens with one attached hydrogen (secondary N) is 3. The van der Waals surface area contributed by atoms with Crippen molar-refractivity contribution in [2.24, 2.45) is 15.7 Å². The molecule has 4 aliphatic rings. The fraction of sp³-hybridized carbons (Fsp3) is 0.490. The number of ether oxygens (including phenoxy) is 2. The zero-order chi connectivity index (χ0) is 47.8. The molecule has 0 bridgehead atoms. The van der Waals surface area contributed by atoms with Crippen molar-refractivity contribution >= 4 is 53.9 Å². The average Bonchev–Trinajstić information content (AvgIpc) is 3.78. The number of hydrogen-bond acceptors (Lipinski definition) is 14. The van der Waals surface area contributed by atoms with Gasteiger partial charge in [-0.3, -0.25) is 24.0 Å². The Morgan fingerprint density at radius 1 is 1.00 bits per heavy atom. The quantitative estimate of drug-likeness (QED) is 0.0705. The van der Waals surface area contributed by atoms with Gasteiger partial charge in [-0.25, -0.2) is 27.5 Å². The van der Waals surface area contributed by atoms with Gasteiger partial charge in [-0.15, -0.1) is 0 Å². The Kier molecular flexibility index (Phi) is 13.5. The molecule has 3 N–H and O–H groups in total. The molecule has 2 aromatic carbocycles. The molecule has 3 aromatic heterocycles. The molecular weight excluding hydrogens is 907 g/mol. The number of nitro groups is 1. The lowest BCUT2D eigenvalue weighted by Crippen LogP contribution is -2.58. The van der Waals surface area contributed by atoms with Crippen molar-refractivity contribution in [3.8, 4) is 11.5 Å². The molecule has 2 aliphatic carbocycles. The van der Waals surface area contributed by atoms with E-state index >= 15 is 0 Å². The molecule has 362 valence electrons. The maximum Gasteiger partial charge on any atom is 0.312 e. The van der Waals surface area contributed by atoms with Crippen molar-refractivity contribution in [1.82, 2.24) is 24.6 Å². The molecule has 19 heteroatoms. The average molecular weight is 968 g/mol. The number of piperidine rings is 1. The molecular formula is C49H61N9O8S2. The summed E-state index contributed by atoms with van der Waals surface area (Å²) in [5, 5.41) is 16.0. The summed E-state index contributed by atoms with van der Waals surface area (Å²) >= 11 is 0. The molecule has 0 unspecified atom stereocenters. The van der Waals surface area contributed by atoms with Crippen LogP contribution in [0.15, 0.2) is 88.5 Å². The van der Waals surface area contributed by atoms with Gasteiger partial charge in [0.1, 0.15) is 22.0 Å². The first-order valence-electron chi connectivity index (χ1n) is 23.6. The van der Waals surface area contributed by atoms with Crippen LogP contribution in [-0.2, 0) is 24.5 Å². The van der Waals surface area contributed by atoms with Crippen molar-refractivity contribution in [3.05, 3.63) is 106 Å². The van der Waals surface area contributed by atoms with E-state index in [9.17, 15) is 27.5 Å². The number of amides is 1. The molecule has 17 nitrogen and oxygen atoms in total. The number of carbonyl (C=O) groups is 1. The van der Waals surface area contributed by atoms with E-state index in [1.807, 2.05) is 6.07 Å². The molecule has 1 amide bonds. The number of fused-ring (bicyclic) bond motifs is 1. The highest BCUT2D eigenvalue weighted by molar-refractivity contribution is 7.92. The Morgan fingerprint density at radius 3 is 2.50 bits per heavy atom. The molecule has 2 saturated carbocycles. The van der Waals surface area contributed by atoms with Crippen LogP contribution in [0.3, 0.4) is 0 Å². The Morgan fingerprint density at radius 2 is 1.76 bits per heavy atom. The van der Waals surface area contributed by atoms with E-state index in [-0.39, 0.29) is 40.5 Å². The van der Waals surface area contributed by atoms with Gasteiger partial charge in [0.2, 0.25) is 5.82 Å². The number of benzene rings is 2. The zero-order valence-corrected chi connectivity index (χ0v) is 40.7. The maximum atomic E-state index is 14.0. The summed E-state index contributed by atoms with van der Waals surface area (Å²) in [6.07, 6.45) is 14.9. The smallest absolute Gasteiger partial charge is 0.312 e. The molecule has 9 rings (SSSR count). The van der Waals surface area contributed by atoms with Crippen molar-refractivity contribution in [1.29, 1.82) is 0 Å². The summed E-state index contributed by atoms with van der Waals surface area (Å²) in [5.41, 5.74) is 3.90. The van der Waals surface area contributed by atoms with Gasteiger partial charge in [0.15, 0.2) is 0 Å². The third-order valence-electron chi connectivity index (χ3n) is 14.3. The van der Waals surface area contributed by atoms with Crippen LogP contribution in [0.1, 0.15) is 98.7 Å². The summed E-state index contributed by atoms with van der Waals surface area (Å²) in [7, 11) is -6.86. The van der Waals surface area contributed by atoms with E-state index in [1.54, 1.807) is 43.0 Å². The van der Waals surface area contributed by atoms with Crippen molar-refractivity contribution < 1.29 is 31.8 Å². The lowest BCUT2D eigenvalue weighted by Gasteiger charge is -2.57. The van der Waals surface area contributed by atoms with E-state index in [1.165, 1.54) is 17.3 Å². The second kappa shape index (κ2) is 19.4. The minimum absolute atomic E-state index is 0.0188. The first-order chi connectivity index (χ1) is 32.5. The Balaban J connectivity index is 0.884. The number of carbonyl (C=O) groups excluding carboxylic acids is 1. The Bertz CT molecular complexity index is 2900. The topological polar surface area (TPSA) is 214 Å². The molecule has 2 saturated heterocycles. The highest BCUT2D eigenvalue weighted by Crippen LogP contribution is 2.53. The number of aromatic nitrogens is 3. The van der Waals surface area contributed by atoms with Crippen LogP contribution in [0.5, 0.6) is 11.5 Å². The van der Waals surface area contributed by atoms with Gasteiger partial charge in [-0.2, -0.15) is 0 Å². The number of anilines is 2. The SMILES string of the molecule is CC(C)c1ccccc1[C@@H]1COCCN1C1CC2(CCN(c3ccc(C(=O)NS(=O)(=O)c4cnc(NCC5CCC(N=S(C)(C)=O)CC5)c([N+](=O)[O-])c4)c(Oc4cnc5[nH]ccc5c4)c3)CC2)C1. The summed E-state index contributed by atoms with van der Waals surface area (Å²) in [6.45, 7) is 8.87. The minimum Gasteiger partial charge on any atom is -0.455 e. The standard InChI is InChI=1S/C49H61N9O8S2/c1-32(2)40-7-5-6-8-41(40)44-31-65-22-21-57(44)37-26-49(27-37)16-19-56(20-17-49)36-13-14-42(45(24-36)66-38-23-34-15-18-50-46(34)52-29-38)48(59)55-68(63,64)39-25-43(58(60)61)47(53-30-39)51-28-33-9-11-35(12-10-33)54-67(3,4)62/h5-8,13-15,18,23-25,29-30,32-33,35,37,44H,9-12,16-17,19-22,26-28,31H2,1-4H3,(H,50,52)(H,51,53)(H,55,59)/t33?,35?,44-/m0/s1. The zero-order valence-electron chi connectivity index (χ0n) is 39.1. The Labute approximate surface area is 398 Å². The lowest BCUT2D eigenvalue weighted by molar-refractivity contribution is -0.384. The van der Waals surface area contributed by atoms with Gasteiger partial charge in [-0.05, 0) is 104 Å². The van der Waals surface area contributed by atoms with Crippen LogP contribution in [0, 0.1) is 21.4 Å². The number of pyridine rings is 2. The summed E-state index contributed by atoms with van der Waals surface area (Å²) in [6, 6.07) is 19.2. The number of H-pyrrole nitrogens is 1. The summed E-state index contributed by atoms with van der Waals surface area (Å²) < 4.78 is 58.6. The fourth-order valence-electron chi connectivity index (χ4n) is 10.7. The van der Waals surface area contributed by atoms with Crippen LogP contribution in [0.25, 0.3) is 11.0 Å². The lowest BCUT2D eigenvalue weighted by atomic mass is 9.59. The number of sulfonamides is 1. The highest BCUT2D eigenvalue weighted by Gasteiger charge is 2.49. The molecule has 1 atom stereocenters. The van der Waals surface area contributed by atoms with Gasteiger partial charge in [-0.1, -0.05) is 38.1 Å². The predicted octanol–water partition coefficient (Wildman–Crippen LogP) is 8.42. The van der Waals surface area contributed by atoms with Gasteiger partial charge in [0, 0.05) is 83.9 Å². The monoisotopic (exact) mass is 967 g/mol. The molecule has 1 spiro atoms. The van der Waals surface area contributed by atoms with Gasteiger partial charge in [0.05, 0.1) is 48.2 Å². The number of hydrogen-bond donors (Lipinski definition) is 3. The number of aromatic amines is 1. The summed E-state index contributed by atoms with van der Waals surface area (Å²) in [5.74, 6) is 0.0202. The van der Waals surface area contributed by atoms with Crippen molar-refractivity contribution in [2.75, 3.05) is 62.1 Å². The summed E-state index contributed by atoms with van der Waals surface area (Å²) in [4.78, 5) is 41.6. The first kappa shape index (κ1) is 47.4. The molecule has 4 fully saturated rings. The maximum absolute atomic E-state index is 14.0. The third kappa shape index (κ3) is 10.5. The number of rotatable bonds is 14. The third-order valence-corrected chi connectivity index (χ3v) is 16.4. The molecule has 68 heavy (non-hydrogen) atoms. The van der Waals surface area contributed by atoms with Crippen molar-refractivity contribution in [2.45, 2.75) is 94.2 Å². The Hall–Kier alpha value is -5.63. The van der Waals surface area contributed by atoms with Crippen LogP contribution in [0.2, 0.25) is 0 Å². The van der Waals surface area contributed by atoms with E-state index < -0.39 is 41.2 Å². The van der Waals surface area contributed by atoms with Crippen LogP contribution in [0.4, 0.5) is 17.2 Å². The van der Waals surface area contributed by atoms with Gasteiger partial charge >= 0.3 is 5.69 Å². The van der Waals surface area contributed by atoms with E-state index in [2.05, 4.69) is 77.3 Å².